The molecule has 74 valence electrons. The van der Waals surface area contributed by atoms with Gasteiger partial charge in [-0.1, -0.05) is 6.08 Å². The van der Waals surface area contributed by atoms with Gasteiger partial charge in [0.15, 0.2) is 0 Å². The molecule has 1 heterocycles. The van der Waals surface area contributed by atoms with Crippen LogP contribution in [0.2, 0.25) is 0 Å². The fourth-order valence-electron chi connectivity index (χ4n) is 1.07. The van der Waals surface area contributed by atoms with Crippen LogP contribution in [-0.4, -0.2) is 29.4 Å². The minimum atomic E-state index is -0.275. The lowest BCUT2D eigenvalue weighted by Gasteiger charge is -2.14. The Bertz CT molecular complexity index is 395. The first kappa shape index (κ1) is 10.2. The average molecular weight is 192 g/mol. The zero-order valence-corrected chi connectivity index (χ0v) is 7.99. The van der Waals surface area contributed by atoms with Crippen LogP contribution in [0.15, 0.2) is 35.8 Å². The molecule has 0 aliphatic carbocycles. The lowest BCUT2D eigenvalue weighted by atomic mass is 10.2. The minimum absolute atomic E-state index is 0.184. The number of nitrogens with zero attached hydrogens (tertiary/aromatic N) is 1. The first-order valence-electron chi connectivity index (χ1n) is 4.20. The van der Waals surface area contributed by atoms with Gasteiger partial charge in [-0.25, -0.2) is 0 Å². The number of aromatic nitrogens is 1. The smallest absolute Gasteiger partial charge is 0.254 e. The molecule has 0 spiro atoms. The predicted molar refractivity (Wildman–Crippen MR) is 54.2 cm³/mol. The first-order valence-corrected chi connectivity index (χ1v) is 4.20. The predicted octanol–water partition coefficient (Wildman–Crippen LogP) is 0.633. The van der Waals surface area contributed by atoms with Gasteiger partial charge in [0, 0.05) is 31.4 Å². The Morgan fingerprint density at radius 2 is 2.43 bits per heavy atom. The van der Waals surface area contributed by atoms with E-state index in [1.54, 1.807) is 19.2 Å². The topological polar surface area (TPSA) is 53.2 Å². The molecule has 0 aliphatic rings. The van der Waals surface area contributed by atoms with Crippen molar-refractivity contribution >= 4 is 5.91 Å². The van der Waals surface area contributed by atoms with E-state index in [1.165, 1.54) is 17.2 Å². The number of nitrogens with one attached hydrogen (secondary N) is 1. The van der Waals surface area contributed by atoms with E-state index in [1.807, 2.05) is 0 Å². The van der Waals surface area contributed by atoms with E-state index in [4.69, 9.17) is 0 Å². The van der Waals surface area contributed by atoms with Gasteiger partial charge in [0.1, 0.15) is 0 Å². The molecule has 4 nitrogen and oxygen atoms in total. The van der Waals surface area contributed by atoms with Crippen LogP contribution in [0.5, 0.6) is 0 Å². The number of rotatable bonds is 3. The van der Waals surface area contributed by atoms with Crippen molar-refractivity contribution in [1.29, 1.82) is 0 Å². The maximum Gasteiger partial charge on any atom is 0.254 e. The molecule has 1 N–H and O–H groups in total. The van der Waals surface area contributed by atoms with Crippen molar-refractivity contribution in [3.8, 4) is 0 Å². The Labute approximate surface area is 81.9 Å². The average Bonchev–Trinajstić information content (AvgIpc) is 2.17. The summed E-state index contributed by atoms with van der Waals surface area (Å²) in [4.78, 5) is 26.5. The van der Waals surface area contributed by atoms with Crippen molar-refractivity contribution in [2.24, 2.45) is 0 Å². The third-order valence-corrected chi connectivity index (χ3v) is 1.77. The quantitative estimate of drug-likeness (QED) is 0.714. The van der Waals surface area contributed by atoms with Crippen LogP contribution in [0.1, 0.15) is 10.4 Å². The summed E-state index contributed by atoms with van der Waals surface area (Å²) < 4.78 is 0. The number of H-pyrrole nitrogens is 1. The second-order valence-electron chi connectivity index (χ2n) is 2.92. The molecule has 4 heteroatoms. The summed E-state index contributed by atoms with van der Waals surface area (Å²) >= 11 is 0. The molecule has 0 bridgehead atoms. The van der Waals surface area contributed by atoms with Gasteiger partial charge in [-0.05, 0) is 6.07 Å². The third-order valence-electron chi connectivity index (χ3n) is 1.77. The van der Waals surface area contributed by atoms with Crippen LogP contribution in [0.25, 0.3) is 0 Å². The molecule has 14 heavy (non-hydrogen) atoms. The van der Waals surface area contributed by atoms with Crippen LogP contribution < -0.4 is 5.56 Å². The highest BCUT2D eigenvalue weighted by molar-refractivity contribution is 5.93. The molecule has 0 radical (unpaired) electrons. The molecule has 0 unspecified atom stereocenters. The highest BCUT2D eigenvalue weighted by atomic mass is 16.2. The monoisotopic (exact) mass is 192 g/mol. The highest BCUT2D eigenvalue weighted by Crippen LogP contribution is 1.98. The fraction of sp³-hybridized carbons (Fsp3) is 0.200. The van der Waals surface area contributed by atoms with Crippen molar-refractivity contribution in [3.05, 3.63) is 46.9 Å². The number of hydrogen-bond acceptors (Lipinski definition) is 2. The third kappa shape index (κ3) is 2.32. The summed E-state index contributed by atoms with van der Waals surface area (Å²) in [5.41, 5.74) is 0.112. The van der Waals surface area contributed by atoms with Crippen LogP contribution in [0, 0.1) is 0 Å². The van der Waals surface area contributed by atoms with Crippen LogP contribution in [0.4, 0.5) is 0 Å². The molecule has 1 aromatic heterocycles. The van der Waals surface area contributed by atoms with Crippen LogP contribution in [-0.2, 0) is 0 Å². The molecular formula is C10H12N2O2. The van der Waals surface area contributed by atoms with Gasteiger partial charge in [0.2, 0.25) is 5.56 Å². The second-order valence-corrected chi connectivity index (χ2v) is 2.92. The number of carbonyl (C=O) groups excluding carboxylic acids is 1. The Morgan fingerprint density at radius 1 is 1.71 bits per heavy atom. The van der Waals surface area contributed by atoms with Gasteiger partial charge in [-0.2, -0.15) is 0 Å². The number of carbonyl (C=O) groups is 1. The lowest BCUT2D eigenvalue weighted by molar-refractivity contribution is 0.0810. The fourth-order valence-corrected chi connectivity index (χ4v) is 1.07. The number of pyridine rings is 1. The van der Waals surface area contributed by atoms with E-state index >= 15 is 0 Å². The SMILES string of the molecule is C=CCN(C)C(=O)c1cc[nH]c(=O)c1. The molecule has 0 fully saturated rings. The van der Waals surface area contributed by atoms with Crippen molar-refractivity contribution in [2.45, 2.75) is 0 Å². The van der Waals surface area contributed by atoms with Gasteiger partial charge in [0.05, 0.1) is 0 Å². The number of aromatic amines is 1. The Kier molecular flexibility index (Phi) is 3.23. The molecule has 0 atom stereocenters. The normalized spacial score (nSPS) is 9.50. The Hall–Kier alpha value is -1.84. The van der Waals surface area contributed by atoms with Gasteiger partial charge >= 0.3 is 0 Å². The molecule has 1 aromatic rings. The van der Waals surface area contributed by atoms with Crippen molar-refractivity contribution in [3.63, 3.8) is 0 Å². The van der Waals surface area contributed by atoms with Crippen LogP contribution in [0.3, 0.4) is 0 Å². The number of likely N-dealkylation sites (N-methyl/N-ethyl adjacent to an activating group) is 1. The van der Waals surface area contributed by atoms with E-state index < -0.39 is 0 Å². The van der Waals surface area contributed by atoms with Gasteiger partial charge in [0.25, 0.3) is 5.91 Å². The summed E-state index contributed by atoms with van der Waals surface area (Å²) in [5.74, 6) is -0.184. The van der Waals surface area contributed by atoms with E-state index in [9.17, 15) is 9.59 Å². The van der Waals surface area contributed by atoms with E-state index in [-0.39, 0.29) is 11.5 Å². The first-order chi connectivity index (χ1) is 6.65. The zero-order valence-electron chi connectivity index (χ0n) is 7.99. The van der Waals surface area contributed by atoms with Crippen molar-refractivity contribution in [1.82, 2.24) is 9.88 Å². The van der Waals surface area contributed by atoms with Gasteiger partial charge in [-0.15, -0.1) is 6.58 Å². The summed E-state index contributed by atoms with van der Waals surface area (Å²) in [6.07, 6.45) is 3.09. The summed E-state index contributed by atoms with van der Waals surface area (Å²) in [6, 6.07) is 2.85. The molecule has 0 saturated heterocycles. The van der Waals surface area contributed by atoms with E-state index in [0.717, 1.165) is 0 Å². The van der Waals surface area contributed by atoms with Crippen LogP contribution >= 0.6 is 0 Å². The van der Waals surface area contributed by atoms with E-state index in [2.05, 4.69) is 11.6 Å². The molecule has 0 aliphatic heterocycles. The second kappa shape index (κ2) is 4.41. The minimum Gasteiger partial charge on any atom is -0.338 e. The number of amides is 1. The molecule has 0 saturated carbocycles. The van der Waals surface area contributed by atoms with Gasteiger partial charge in [-0.3, -0.25) is 9.59 Å². The van der Waals surface area contributed by atoms with Crippen molar-refractivity contribution in [2.75, 3.05) is 13.6 Å². The highest BCUT2D eigenvalue weighted by Gasteiger charge is 2.09. The maximum absolute atomic E-state index is 11.6. The Balaban J connectivity index is 2.89. The lowest BCUT2D eigenvalue weighted by Crippen LogP contribution is -2.27. The maximum atomic E-state index is 11.6. The largest absolute Gasteiger partial charge is 0.338 e. The van der Waals surface area contributed by atoms with Crippen molar-refractivity contribution < 1.29 is 4.79 Å². The Morgan fingerprint density at radius 3 is 3.00 bits per heavy atom. The molecule has 0 aromatic carbocycles. The van der Waals surface area contributed by atoms with E-state index in [0.29, 0.717) is 12.1 Å². The molecule has 1 rings (SSSR count). The molecule has 1 amide bonds. The summed E-state index contributed by atoms with van der Waals surface area (Å²) in [6.45, 7) is 4.00. The van der Waals surface area contributed by atoms with Gasteiger partial charge < -0.3 is 9.88 Å². The zero-order chi connectivity index (χ0) is 10.6. The summed E-state index contributed by atoms with van der Waals surface area (Å²) in [7, 11) is 1.66. The summed E-state index contributed by atoms with van der Waals surface area (Å²) in [5, 5.41) is 0. The number of hydrogen-bond donors (Lipinski definition) is 1. The standard InChI is InChI=1S/C10H12N2O2/c1-3-6-12(2)10(14)8-4-5-11-9(13)7-8/h3-5,7H,1,6H2,2H3,(H,11,13). The molecular weight excluding hydrogens is 180 g/mol.